The van der Waals surface area contributed by atoms with Gasteiger partial charge >= 0.3 is 5.69 Å². The second-order valence-corrected chi connectivity index (χ2v) is 10.3. The molecule has 1 aliphatic rings. The molecule has 3 aromatic heterocycles. The Morgan fingerprint density at radius 1 is 1.05 bits per heavy atom. The summed E-state index contributed by atoms with van der Waals surface area (Å²) >= 11 is 0. The lowest BCUT2D eigenvalue weighted by Crippen LogP contribution is -2.36. The molecular formula is C31H27N5O. The van der Waals surface area contributed by atoms with Crippen LogP contribution in [0.15, 0.2) is 71.8 Å². The molecular weight excluding hydrogens is 458 g/mol. The van der Waals surface area contributed by atoms with Crippen molar-refractivity contribution >= 4 is 33.6 Å². The van der Waals surface area contributed by atoms with Crippen molar-refractivity contribution in [1.82, 2.24) is 19.1 Å². The van der Waals surface area contributed by atoms with Crippen molar-refractivity contribution in [1.29, 1.82) is 5.26 Å². The number of nitrogens with zero attached hydrogens (tertiary/aromatic N) is 5. The van der Waals surface area contributed by atoms with Crippen LogP contribution in [0.5, 0.6) is 0 Å². The molecule has 2 aromatic carbocycles. The highest BCUT2D eigenvalue weighted by Crippen LogP contribution is 2.31. The molecule has 0 bridgehead atoms. The smallest absolute Gasteiger partial charge is 0.293 e. The number of rotatable bonds is 3. The molecule has 0 spiro atoms. The predicted octanol–water partition coefficient (Wildman–Crippen LogP) is 4.21. The van der Waals surface area contributed by atoms with E-state index < -0.39 is 5.41 Å². The number of imidazole rings is 1. The summed E-state index contributed by atoms with van der Waals surface area (Å²) in [6.45, 7) is 5.93. The number of aryl methyl sites for hydroxylation is 1. The average Bonchev–Trinajstić information content (AvgIpc) is 3.18. The summed E-state index contributed by atoms with van der Waals surface area (Å²) in [5.41, 5.74) is 5.91. The van der Waals surface area contributed by atoms with Crippen LogP contribution >= 0.6 is 0 Å². The van der Waals surface area contributed by atoms with E-state index in [4.69, 9.17) is 9.97 Å². The van der Waals surface area contributed by atoms with E-state index in [0.717, 1.165) is 55.7 Å². The monoisotopic (exact) mass is 485 g/mol. The summed E-state index contributed by atoms with van der Waals surface area (Å²) in [5, 5.41) is 12.6. The van der Waals surface area contributed by atoms with Gasteiger partial charge in [0.05, 0.1) is 45.3 Å². The molecule has 0 amide bonds. The van der Waals surface area contributed by atoms with Gasteiger partial charge < -0.3 is 0 Å². The molecule has 182 valence electrons. The first-order valence-corrected chi connectivity index (χ1v) is 12.4. The molecule has 6 nitrogen and oxygen atoms in total. The number of hydrogen-bond donors (Lipinski definition) is 0. The highest BCUT2D eigenvalue weighted by Gasteiger charge is 2.24. The van der Waals surface area contributed by atoms with E-state index in [0.29, 0.717) is 0 Å². The van der Waals surface area contributed by atoms with E-state index >= 15 is 0 Å². The zero-order valence-electron chi connectivity index (χ0n) is 21.4. The van der Waals surface area contributed by atoms with Crippen molar-refractivity contribution in [3.63, 3.8) is 0 Å². The van der Waals surface area contributed by atoms with Gasteiger partial charge in [0.2, 0.25) is 0 Å². The van der Waals surface area contributed by atoms with Crippen LogP contribution in [0.3, 0.4) is 0 Å². The highest BCUT2D eigenvalue weighted by molar-refractivity contribution is 5.83. The van der Waals surface area contributed by atoms with Gasteiger partial charge in [0.15, 0.2) is 0 Å². The lowest BCUT2D eigenvalue weighted by Gasteiger charge is -2.21. The third-order valence-corrected chi connectivity index (χ3v) is 7.73. The molecule has 0 fully saturated rings. The molecule has 1 unspecified atom stereocenters. The lowest BCUT2D eigenvalue weighted by molar-refractivity contribution is 0.686. The van der Waals surface area contributed by atoms with Crippen LogP contribution in [0.2, 0.25) is 0 Å². The molecule has 1 atom stereocenters. The second kappa shape index (κ2) is 8.28. The Morgan fingerprint density at radius 3 is 2.57 bits per heavy atom. The van der Waals surface area contributed by atoms with E-state index in [9.17, 15) is 10.1 Å². The summed E-state index contributed by atoms with van der Waals surface area (Å²) in [6, 6.07) is 20.4. The summed E-state index contributed by atoms with van der Waals surface area (Å²) < 4.78 is 3.43. The van der Waals surface area contributed by atoms with Crippen molar-refractivity contribution in [2.45, 2.75) is 38.5 Å². The standard InChI is InChI=1S/C31H27N5O/c1-19-24(21-15-20-7-5-6-8-25(20)33-16-21)13-14-26-28(19)29-27(17-34-26)35(4)30(37)36(29)23-11-9-22(10-12-23)31(2,3)18-32/h5-12,14-17,24H,13H2,1-4H3. The van der Waals surface area contributed by atoms with Gasteiger partial charge in [-0.1, -0.05) is 42.0 Å². The number of fused-ring (bicyclic) bond motifs is 4. The Labute approximate surface area is 214 Å². The minimum Gasteiger partial charge on any atom is -0.293 e. The minimum atomic E-state index is -0.605. The van der Waals surface area contributed by atoms with Crippen LogP contribution in [0, 0.1) is 11.3 Å². The predicted molar refractivity (Wildman–Crippen MR) is 147 cm³/mol. The maximum absolute atomic E-state index is 13.5. The Morgan fingerprint density at radius 2 is 1.81 bits per heavy atom. The van der Waals surface area contributed by atoms with Gasteiger partial charge in [0.25, 0.3) is 0 Å². The average molecular weight is 486 g/mol. The molecule has 37 heavy (non-hydrogen) atoms. The first kappa shape index (κ1) is 22.9. The molecule has 0 N–H and O–H groups in total. The SMILES string of the molecule is CC1=c2c(ncc3c2n(-c2ccc(C(C)(C)C#N)cc2)c(=O)n3C)=CCC1c1cnc2ccccc2c1. The quantitative estimate of drug-likeness (QED) is 0.384. The topological polar surface area (TPSA) is 76.5 Å². The summed E-state index contributed by atoms with van der Waals surface area (Å²) in [7, 11) is 1.79. The van der Waals surface area contributed by atoms with Gasteiger partial charge in [0.1, 0.15) is 0 Å². The van der Waals surface area contributed by atoms with E-state index in [1.165, 1.54) is 5.57 Å². The Kier molecular flexibility index (Phi) is 5.13. The van der Waals surface area contributed by atoms with E-state index in [1.807, 2.05) is 62.5 Å². The van der Waals surface area contributed by atoms with Gasteiger partial charge in [-0.3, -0.25) is 19.1 Å². The summed E-state index contributed by atoms with van der Waals surface area (Å²) in [4.78, 5) is 23.0. The maximum atomic E-state index is 13.5. The van der Waals surface area contributed by atoms with Crippen LogP contribution < -0.4 is 16.3 Å². The normalized spacial score (nSPS) is 15.4. The maximum Gasteiger partial charge on any atom is 0.333 e. The van der Waals surface area contributed by atoms with Crippen LogP contribution in [0.25, 0.3) is 39.3 Å². The number of nitriles is 1. The Balaban J connectivity index is 1.61. The van der Waals surface area contributed by atoms with Crippen molar-refractivity contribution in [2.75, 3.05) is 0 Å². The van der Waals surface area contributed by atoms with E-state index in [-0.39, 0.29) is 11.6 Å². The summed E-state index contributed by atoms with van der Waals surface area (Å²) in [5.74, 6) is 0.138. The fourth-order valence-electron chi connectivity index (χ4n) is 5.45. The number of aromatic nitrogens is 4. The second-order valence-electron chi connectivity index (χ2n) is 10.3. The van der Waals surface area contributed by atoms with Crippen LogP contribution in [-0.4, -0.2) is 19.1 Å². The number of para-hydroxylation sites is 1. The Hall–Kier alpha value is -4.50. The third kappa shape index (κ3) is 3.50. The molecule has 6 heteroatoms. The molecule has 1 aliphatic carbocycles. The first-order valence-electron chi connectivity index (χ1n) is 12.4. The number of benzene rings is 2. The largest absolute Gasteiger partial charge is 0.333 e. The van der Waals surface area contributed by atoms with Gasteiger partial charge in [-0.05, 0) is 62.6 Å². The number of hydrogen-bond acceptors (Lipinski definition) is 4. The van der Waals surface area contributed by atoms with Crippen molar-refractivity contribution < 1.29 is 0 Å². The number of pyridine rings is 2. The van der Waals surface area contributed by atoms with Crippen LogP contribution in [0.1, 0.15) is 44.2 Å². The molecule has 0 radical (unpaired) electrons. The van der Waals surface area contributed by atoms with Crippen molar-refractivity contribution in [3.05, 3.63) is 99.2 Å². The molecule has 5 aromatic rings. The molecule has 6 rings (SSSR count). The minimum absolute atomic E-state index is 0.125. The van der Waals surface area contributed by atoms with Crippen LogP contribution in [0.4, 0.5) is 0 Å². The van der Waals surface area contributed by atoms with E-state index in [1.54, 1.807) is 22.4 Å². The first-order chi connectivity index (χ1) is 17.8. The van der Waals surface area contributed by atoms with Gasteiger partial charge in [-0.2, -0.15) is 5.26 Å². The zero-order chi connectivity index (χ0) is 25.9. The fraction of sp³-hybridized carbons (Fsp3) is 0.226. The van der Waals surface area contributed by atoms with Gasteiger partial charge in [-0.15, -0.1) is 0 Å². The van der Waals surface area contributed by atoms with E-state index in [2.05, 4.69) is 31.2 Å². The van der Waals surface area contributed by atoms with Crippen LogP contribution in [-0.2, 0) is 12.5 Å². The molecule has 0 saturated carbocycles. The Bertz CT molecular complexity index is 1940. The molecule has 0 aliphatic heterocycles. The lowest BCUT2D eigenvalue weighted by atomic mass is 9.85. The summed E-state index contributed by atoms with van der Waals surface area (Å²) in [6.07, 6.45) is 6.76. The fourth-order valence-corrected chi connectivity index (χ4v) is 5.45. The third-order valence-electron chi connectivity index (χ3n) is 7.73. The van der Waals surface area contributed by atoms with Crippen molar-refractivity contribution in [3.8, 4) is 11.8 Å². The van der Waals surface area contributed by atoms with Crippen molar-refractivity contribution in [2.24, 2.45) is 7.05 Å². The molecule has 0 saturated heterocycles. The zero-order valence-corrected chi connectivity index (χ0v) is 21.4. The highest BCUT2D eigenvalue weighted by atomic mass is 16.1. The van der Waals surface area contributed by atoms with Gasteiger partial charge in [-0.25, -0.2) is 4.79 Å². The van der Waals surface area contributed by atoms with Gasteiger partial charge in [0, 0.05) is 29.8 Å². The molecule has 3 heterocycles.